The predicted molar refractivity (Wildman–Crippen MR) is 121 cm³/mol. The van der Waals surface area contributed by atoms with Crippen molar-refractivity contribution in [2.45, 2.75) is 6.92 Å². The van der Waals surface area contributed by atoms with Gasteiger partial charge in [-0.3, -0.25) is 9.59 Å². The van der Waals surface area contributed by atoms with Crippen LogP contribution in [0, 0.1) is 6.92 Å². The molecule has 3 aromatic carbocycles. The molecule has 3 aromatic rings. The number of hydrogen-bond acceptors (Lipinski definition) is 5. The van der Waals surface area contributed by atoms with Gasteiger partial charge in [-0.05, 0) is 49.4 Å². The van der Waals surface area contributed by atoms with E-state index in [4.69, 9.17) is 4.74 Å². The SMILES string of the molecule is Cc1ccc(NC(=O)C(=O)NN=Cc2cc(Br)ccc2OC(=O)c2ccccc2)cc1. The molecule has 0 saturated carbocycles. The number of nitrogens with one attached hydrogen (secondary N) is 2. The normalized spacial score (nSPS) is 10.5. The molecule has 0 aliphatic carbocycles. The van der Waals surface area contributed by atoms with Crippen LogP contribution in [-0.2, 0) is 9.59 Å². The molecule has 0 heterocycles. The second-order valence-corrected chi connectivity index (χ2v) is 7.37. The molecule has 7 nitrogen and oxygen atoms in total. The number of benzene rings is 3. The quantitative estimate of drug-likeness (QED) is 0.189. The largest absolute Gasteiger partial charge is 0.422 e. The zero-order valence-corrected chi connectivity index (χ0v) is 18.0. The average Bonchev–Trinajstić information content (AvgIpc) is 2.77. The number of rotatable bonds is 5. The molecule has 8 heteroatoms. The van der Waals surface area contributed by atoms with Crippen LogP contribution in [0.15, 0.2) is 82.4 Å². The number of halogens is 1. The van der Waals surface area contributed by atoms with E-state index in [2.05, 4.69) is 31.8 Å². The lowest BCUT2D eigenvalue weighted by Crippen LogP contribution is -2.32. The van der Waals surface area contributed by atoms with E-state index in [1.54, 1.807) is 60.7 Å². The Kier molecular flexibility index (Phi) is 7.29. The number of hydrogen-bond donors (Lipinski definition) is 2. The summed E-state index contributed by atoms with van der Waals surface area (Å²) in [5.41, 5.74) is 4.51. The zero-order chi connectivity index (χ0) is 22.2. The topological polar surface area (TPSA) is 96.9 Å². The number of anilines is 1. The summed E-state index contributed by atoms with van der Waals surface area (Å²) < 4.78 is 6.16. The fourth-order valence-corrected chi connectivity index (χ4v) is 2.86. The van der Waals surface area contributed by atoms with Gasteiger partial charge in [-0.1, -0.05) is 51.8 Å². The van der Waals surface area contributed by atoms with E-state index in [0.29, 0.717) is 16.8 Å². The van der Waals surface area contributed by atoms with Gasteiger partial charge in [0, 0.05) is 15.7 Å². The molecular weight excluding hydrogens is 462 g/mol. The lowest BCUT2D eigenvalue weighted by atomic mass is 10.2. The van der Waals surface area contributed by atoms with E-state index >= 15 is 0 Å². The first-order valence-corrected chi connectivity index (χ1v) is 9.99. The number of ether oxygens (including phenoxy) is 1. The Morgan fingerprint density at radius 1 is 0.935 bits per heavy atom. The van der Waals surface area contributed by atoms with Crippen LogP contribution in [0.25, 0.3) is 0 Å². The van der Waals surface area contributed by atoms with Crippen molar-refractivity contribution in [1.82, 2.24) is 5.43 Å². The summed E-state index contributed by atoms with van der Waals surface area (Å²) >= 11 is 3.34. The predicted octanol–water partition coefficient (Wildman–Crippen LogP) is 4.07. The molecule has 0 aliphatic heterocycles. The minimum absolute atomic E-state index is 0.249. The second kappa shape index (κ2) is 10.3. The fraction of sp³-hybridized carbons (Fsp3) is 0.0435. The van der Waals surface area contributed by atoms with Crippen LogP contribution in [0.5, 0.6) is 5.75 Å². The third-order valence-corrected chi connectivity index (χ3v) is 4.56. The molecular formula is C23H18BrN3O4. The summed E-state index contributed by atoms with van der Waals surface area (Å²) in [7, 11) is 0. The Balaban J connectivity index is 1.65. The number of nitrogens with zero attached hydrogens (tertiary/aromatic N) is 1. The molecule has 0 bridgehead atoms. The maximum absolute atomic E-state index is 12.3. The molecule has 2 N–H and O–H groups in total. The molecule has 0 fully saturated rings. The van der Waals surface area contributed by atoms with Crippen LogP contribution in [0.3, 0.4) is 0 Å². The van der Waals surface area contributed by atoms with Crippen molar-refractivity contribution in [3.63, 3.8) is 0 Å². The van der Waals surface area contributed by atoms with Crippen molar-refractivity contribution in [3.8, 4) is 5.75 Å². The number of hydrazone groups is 1. The molecule has 0 aromatic heterocycles. The fourth-order valence-electron chi connectivity index (χ4n) is 2.48. The summed E-state index contributed by atoms with van der Waals surface area (Å²) in [6.45, 7) is 1.92. The first-order valence-electron chi connectivity index (χ1n) is 9.20. The van der Waals surface area contributed by atoms with Crippen molar-refractivity contribution in [3.05, 3.63) is 94.0 Å². The molecule has 31 heavy (non-hydrogen) atoms. The smallest absolute Gasteiger partial charge is 0.343 e. The Morgan fingerprint density at radius 3 is 2.35 bits per heavy atom. The van der Waals surface area contributed by atoms with Gasteiger partial charge in [-0.25, -0.2) is 10.2 Å². The van der Waals surface area contributed by atoms with E-state index in [1.165, 1.54) is 6.21 Å². The van der Waals surface area contributed by atoms with Crippen LogP contribution in [0.1, 0.15) is 21.5 Å². The first-order chi connectivity index (χ1) is 14.9. The molecule has 0 aliphatic rings. The van der Waals surface area contributed by atoms with Crippen molar-refractivity contribution < 1.29 is 19.1 Å². The Labute approximate surface area is 187 Å². The monoisotopic (exact) mass is 479 g/mol. The van der Waals surface area contributed by atoms with E-state index in [9.17, 15) is 14.4 Å². The Morgan fingerprint density at radius 2 is 1.65 bits per heavy atom. The summed E-state index contributed by atoms with van der Waals surface area (Å²) in [6, 6.07) is 20.5. The highest BCUT2D eigenvalue weighted by Gasteiger charge is 2.14. The summed E-state index contributed by atoms with van der Waals surface area (Å²) in [5.74, 6) is -2.07. The number of carbonyl (C=O) groups is 3. The highest BCUT2D eigenvalue weighted by atomic mass is 79.9. The molecule has 0 atom stereocenters. The zero-order valence-electron chi connectivity index (χ0n) is 16.5. The third kappa shape index (κ3) is 6.35. The maximum Gasteiger partial charge on any atom is 0.343 e. The van der Waals surface area contributed by atoms with Gasteiger partial charge in [-0.2, -0.15) is 5.10 Å². The lowest BCUT2D eigenvalue weighted by molar-refractivity contribution is -0.136. The summed E-state index contributed by atoms with van der Waals surface area (Å²) in [6.07, 6.45) is 1.29. The van der Waals surface area contributed by atoms with Crippen LogP contribution >= 0.6 is 15.9 Å². The van der Waals surface area contributed by atoms with Gasteiger partial charge in [-0.15, -0.1) is 0 Å². The van der Waals surface area contributed by atoms with Gasteiger partial charge in [0.15, 0.2) is 0 Å². The third-order valence-electron chi connectivity index (χ3n) is 4.07. The van der Waals surface area contributed by atoms with Crippen LogP contribution < -0.4 is 15.5 Å². The molecule has 0 spiro atoms. The van der Waals surface area contributed by atoms with Gasteiger partial charge in [0.25, 0.3) is 0 Å². The molecule has 2 amide bonds. The molecule has 156 valence electrons. The molecule has 0 radical (unpaired) electrons. The van der Waals surface area contributed by atoms with Gasteiger partial charge < -0.3 is 10.1 Å². The molecule has 0 unspecified atom stereocenters. The van der Waals surface area contributed by atoms with Crippen molar-refractivity contribution in [1.29, 1.82) is 0 Å². The Hall–Kier alpha value is -3.78. The highest BCUT2D eigenvalue weighted by molar-refractivity contribution is 9.10. The number of esters is 1. The van der Waals surface area contributed by atoms with Crippen LogP contribution in [0.4, 0.5) is 5.69 Å². The van der Waals surface area contributed by atoms with Gasteiger partial charge in [0.05, 0.1) is 11.8 Å². The van der Waals surface area contributed by atoms with E-state index in [-0.39, 0.29) is 5.75 Å². The molecule has 3 rings (SSSR count). The standard InChI is InChI=1S/C23H18BrN3O4/c1-15-7-10-19(11-8-15)26-21(28)22(29)27-25-14-17-13-18(24)9-12-20(17)31-23(30)16-5-3-2-4-6-16/h2-14H,1H3,(H,26,28)(H,27,29). The van der Waals surface area contributed by atoms with Crippen molar-refractivity contribution >= 4 is 45.6 Å². The van der Waals surface area contributed by atoms with Crippen LogP contribution in [0.2, 0.25) is 0 Å². The van der Waals surface area contributed by atoms with Crippen molar-refractivity contribution in [2.75, 3.05) is 5.32 Å². The van der Waals surface area contributed by atoms with Crippen LogP contribution in [-0.4, -0.2) is 24.0 Å². The highest BCUT2D eigenvalue weighted by Crippen LogP contribution is 2.23. The Bertz CT molecular complexity index is 1130. The second-order valence-electron chi connectivity index (χ2n) is 6.46. The van der Waals surface area contributed by atoms with E-state index in [1.807, 2.05) is 19.1 Å². The lowest BCUT2D eigenvalue weighted by Gasteiger charge is -2.08. The molecule has 0 saturated heterocycles. The summed E-state index contributed by atoms with van der Waals surface area (Å²) in [5, 5.41) is 6.28. The summed E-state index contributed by atoms with van der Waals surface area (Å²) in [4.78, 5) is 36.3. The minimum atomic E-state index is -0.936. The number of amides is 2. The van der Waals surface area contributed by atoms with Gasteiger partial charge in [0.2, 0.25) is 0 Å². The number of carbonyl (C=O) groups excluding carboxylic acids is 3. The average molecular weight is 480 g/mol. The maximum atomic E-state index is 12.3. The van der Waals surface area contributed by atoms with Gasteiger partial charge in [0.1, 0.15) is 5.75 Å². The van der Waals surface area contributed by atoms with Gasteiger partial charge >= 0.3 is 17.8 Å². The van der Waals surface area contributed by atoms with Crippen molar-refractivity contribution in [2.24, 2.45) is 5.10 Å². The van der Waals surface area contributed by atoms with E-state index < -0.39 is 17.8 Å². The number of aryl methyl sites for hydroxylation is 1. The van der Waals surface area contributed by atoms with E-state index in [0.717, 1.165) is 10.0 Å². The first kappa shape index (κ1) is 21.9. The minimum Gasteiger partial charge on any atom is -0.422 e.